The third kappa shape index (κ3) is 2.62. The average molecular weight is 311 g/mol. The van der Waals surface area contributed by atoms with Crippen LogP contribution in [0, 0.1) is 5.41 Å². The minimum absolute atomic E-state index is 0.0642. The molecule has 0 unspecified atom stereocenters. The fourth-order valence-electron chi connectivity index (χ4n) is 3.64. The molecule has 120 valence electrons. The highest BCUT2D eigenvalue weighted by Crippen LogP contribution is 2.48. The second-order valence-electron chi connectivity index (χ2n) is 6.37. The topological polar surface area (TPSA) is 54.5 Å². The highest BCUT2D eigenvalue weighted by molar-refractivity contribution is 6.24. The van der Waals surface area contributed by atoms with E-state index < -0.39 is 5.41 Å². The summed E-state index contributed by atoms with van der Waals surface area (Å²) >= 11 is 0. The van der Waals surface area contributed by atoms with Crippen molar-refractivity contribution >= 4 is 23.3 Å². The lowest BCUT2D eigenvalue weighted by Gasteiger charge is -2.28. The predicted molar refractivity (Wildman–Crippen MR) is 87.8 cm³/mol. The molecule has 0 spiro atoms. The standard InChI is InChI=1S/C19H21NO3/c1-2-3-11-19(14-9-10-16(21)12-14)13-17(22)20(18(19)23)15-7-5-4-6-8-15/h4-8,12H,2-3,9-11,13H2,1H3/t19-/m0/s1. The van der Waals surface area contributed by atoms with E-state index in [1.54, 1.807) is 18.2 Å². The van der Waals surface area contributed by atoms with E-state index in [2.05, 4.69) is 6.92 Å². The Morgan fingerprint density at radius 1 is 1.09 bits per heavy atom. The van der Waals surface area contributed by atoms with Crippen molar-refractivity contribution in [2.75, 3.05) is 4.90 Å². The number of imide groups is 1. The number of carbonyl (C=O) groups excluding carboxylic acids is 3. The number of ketones is 1. The number of carbonyl (C=O) groups is 3. The summed E-state index contributed by atoms with van der Waals surface area (Å²) in [6.07, 6.45) is 5.30. The number of allylic oxidation sites excluding steroid dienone is 1. The molecular formula is C19H21NO3. The quantitative estimate of drug-likeness (QED) is 0.783. The van der Waals surface area contributed by atoms with E-state index in [0.29, 0.717) is 24.9 Å². The van der Waals surface area contributed by atoms with E-state index >= 15 is 0 Å². The summed E-state index contributed by atoms with van der Waals surface area (Å²) in [5.41, 5.74) is 0.660. The lowest BCUT2D eigenvalue weighted by molar-refractivity contribution is -0.124. The van der Waals surface area contributed by atoms with Gasteiger partial charge in [-0.05, 0) is 31.1 Å². The van der Waals surface area contributed by atoms with Gasteiger partial charge in [0.2, 0.25) is 11.8 Å². The predicted octanol–water partition coefficient (Wildman–Crippen LogP) is 3.42. The molecule has 2 aliphatic rings. The van der Waals surface area contributed by atoms with E-state index in [1.807, 2.05) is 18.2 Å². The first-order valence-corrected chi connectivity index (χ1v) is 8.25. The molecule has 0 aromatic heterocycles. The largest absolute Gasteiger partial charge is 0.295 e. The molecule has 1 saturated heterocycles. The van der Waals surface area contributed by atoms with Gasteiger partial charge >= 0.3 is 0 Å². The number of hydrogen-bond donors (Lipinski definition) is 0. The minimum Gasteiger partial charge on any atom is -0.295 e. The lowest BCUT2D eigenvalue weighted by Crippen LogP contribution is -2.36. The Hall–Kier alpha value is -2.23. The van der Waals surface area contributed by atoms with Gasteiger partial charge < -0.3 is 0 Å². The number of rotatable bonds is 5. The van der Waals surface area contributed by atoms with Crippen molar-refractivity contribution in [3.05, 3.63) is 42.0 Å². The first-order chi connectivity index (χ1) is 11.1. The number of unbranched alkanes of at least 4 members (excludes halogenated alkanes) is 1. The normalized spacial score (nSPS) is 24.5. The molecule has 1 aromatic carbocycles. The van der Waals surface area contributed by atoms with E-state index in [-0.39, 0.29) is 24.0 Å². The van der Waals surface area contributed by atoms with E-state index in [4.69, 9.17) is 0 Å². The molecule has 1 aliphatic heterocycles. The SMILES string of the molecule is CCCC[C@@]1(C2=CC(=O)CC2)CC(=O)N(c2ccccc2)C1=O. The lowest BCUT2D eigenvalue weighted by atomic mass is 9.74. The van der Waals surface area contributed by atoms with E-state index in [9.17, 15) is 14.4 Å². The number of para-hydroxylation sites is 1. The van der Waals surface area contributed by atoms with Crippen LogP contribution in [-0.4, -0.2) is 17.6 Å². The van der Waals surface area contributed by atoms with Crippen LogP contribution in [0.5, 0.6) is 0 Å². The second-order valence-corrected chi connectivity index (χ2v) is 6.37. The van der Waals surface area contributed by atoms with Gasteiger partial charge in [0.05, 0.1) is 11.1 Å². The Labute approximate surface area is 136 Å². The van der Waals surface area contributed by atoms with Crippen molar-refractivity contribution in [3.8, 4) is 0 Å². The van der Waals surface area contributed by atoms with Gasteiger partial charge in [-0.2, -0.15) is 0 Å². The summed E-state index contributed by atoms with van der Waals surface area (Å²) in [7, 11) is 0. The number of benzene rings is 1. The summed E-state index contributed by atoms with van der Waals surface area (Å²) in [6.45, 7) is 2.07. The summed E-state index contributed by atoms with van der Waals surface area (Å²) in [5.74, 6) is -0.269. The second kappa shape index (κ2) is 6.11. The Balaban J connectivity index is 2.01. The molecule has 23 heavy (non-hydrogen) atoms. The first-order valence-electron chi connectivity index (χ1n) is 8.25. The molecule has 0 bridgehead atoms. The van der Waals surface area contributed by atoms with Crippen LogP contribution in [0.2, 0.25) is 0 Å². The molecule has 1 fully saturated rings. The van der Waals surface area contributed by atoms with E-state index in [1.165, 1.54) is 4.90 Å². The number of anilines is 1. The highest BCUT2D eigenvalue weighted by atomic mass is 16.2. The van der Waals surface area contributed by atoms with Crippen LogP contribution in [-0.2, 0) is 14.4 Å². The fourth-order valence-corrected chi connectivity index (χ4v) is 3.64. The van der Waals surface area contributed by atoms with Gasteiger partial charge in [-0.25, -0.2) is 4.90 Å². The highest BCUT2D eigenvalue weighted by Gasteiger charge is 2.54. The molecule has 0 N–H and O–H groups in total. The van der Waals surface area contributed by atoms with Crippen molar-refractivity contribution in [2.45, 2.75) is 45.4 Å². The Bertz CT molecular complexity index is 677. The number of amides is 2. The third-order valence-corrected chi connectivity index (χ3v) is 4.88. The monoisotopic (exact) mass is 311 g/mol. The molecule has 4 heteroatoms. The molecule has 1 aromatic rings. The smallest absolute Gasteiger partial charge is 0.244 e. The van der Waals surface area contributed by atoms with Crippen molar-refractivity contribution in [3.63, 3.8) is 0 Å². The van der Waals surface area contributed by atoms with Crippen LogP contribution in [0.15, 0.2) is 42.0 Å². The number of nitrogens with zero attached hydrogens (tertiary/aromatic N) is 1. The molecular weight excluding hydrogens is 290 g/mol. The molecule has 1 aliphatic carbocycles. The van der Waals surface area contributed by atoms with Gasteiger partial charge in [-0.3, -0.25) is 14.4 Å². The van der Waals surface area contributed by atoms with Gasteiger partial charge in [0, 0.05) is 12.8 Å². The molecule has 2 amide bonds. The summed E-state index contributed by atoms with van der Waals surface area (Å²) in [6, 6.07) is 9.05. The summed E-state index contributed by atoms with van der Waals surface area (Å²) in [4.78, 5) is 38.8. The maximum Gasteiger partial charge on any atom is 0.244 e. The van der Waals surface area contributed by atoms with Crippen molar-refractivity contribution in [1.29, 1.82) is 0 Å². The van der Waals surface area contributed by atoms with Crippen LogP contribution >= 0.6 is 0 Å². The summed E-state index contributed by atoms with van der Waals surface area (Å²) in [5, 5.41) is 0. The van der Waals surface area contributed by atoms with Gasteiger partial charge in [-0.15, -0.1) is 0 Å². The summed E-state index contributed by atoms with van der Waals surface area (Å²) < 4.78 is 0. The zero-order valence-corrected chi connectivity index (χ0v) is 13.4. The van der Waals surface area contributed by atoms with E-state index in [0.717, 1.165) is 18.4 Å². The van der Waals surface area contributed by atoms with Crippen LogP contribution in [0.25, 0.3) is 0 Å². The zero-order chi connectivity index (χ0) is 16.4. The van der Waals surface area contributed by atoms with Gasteiger partial charge in [0.25, 0.3) is 0 Å². The molecule has 0 saturated carbocycles. The maximum atomic E-state index is 13.2. The van der Waals surface area contributed by atoms with Crippen molar-refractivity contribution in [1.82, 2.24) is 0 Å². The number of hydrogen-bond acceptors (Lipinski definition) is 3. The Kier molecular flexibility index (Phi) is 4.16. The molecule has 1 heterocycles. The van der Waals surface area contributed by atoms with Crippen molar-refractivity contribution < 1.29 is 14.4 Å². The van der Waals surface area contributed by atoms with Gasteiger partial charge in [0.1, 0.15) is 0 Å². The molecule has 4 nitrogen and oxygen atoms in total. The van der Waals surface area contributed by atoms with Crippen LogP contribution < -0.4 is 4.90 Å². The molecule has 1 atom stereocenters. The Morgan fingerprint density at radius 2 is 1.83 bits per heavy atom. The Morgan fingerprint density at radius 3 is 2.43 bits per heavy atom. The van der Waals surface area contributed by atoms with Gasteiger partial charge in [0.15, 0.2) is 5.78 Å². The molecule has 0 radical (unpaired) electrons. The third-order valence-electron chi connectivity index (χ3n) is 4.88. The van der Waals surface area contributed by atoms with Gasteiger partial charge in [-0.1, -0.05) is 43.5 Å². The fraction of sp³-hybridized carbons (Fsp3) is 0.421. The minimum atomic E-state index is -0.810. The first kappa shape index (κ1) is 15.7. The van der Waals surface area contributed by atoms with Crippen LogP contribution in [0.3, 0.4) is 0 Å². The zero-order valence-electron chi connectivity index (χ0n) is 13.4. The van der Waals surface area contributed by atoms with Crippen LogP contribution in [0.1, 0.15) is 45.4 Å². The maximum absolute atomic E-state index is 13.2. The van der Waals surface area contributed by atoms with Crippen LogP contribution in [0.4, 0.5) is 5.69 Å². The van der Waals surface area contributed by atoms with Crippen molar-refractivity contribution in [2.24, 2.45) is 5.41 Å². The molecule has 3 rings (SSSR count). The average Bonchev–Trinajstić information content (AvgIpc) is 3.09.